The second-order valence-corrected chi connectivity index (χ2v) is 8.51. The zero-order chi connectivity index (χ0) is 18.1. The van der Waals surface area contributed by atoms with Crippen LogP contribution in [0.1, 0.15) is 50.1 Å². The maximum absolute atomic E-state index is 12.5. The van der Waals surface area contributed by atoms with E-state index in [1.807, 2.05) is 23.9 Å². The zero-order valence-electron chi connectivity index (χ0n) is 14.8. The second-order valence-electron chi connectivity index (χ2n) is 7.37. The van der Waals surface area contributed by atoms with Gasteiger partial charge in [-0.25, -0.2) is 0 Å². The lowest BCUT2D eigenvalue weighted by atomic mass is 9.81. The molecule has 3 amide bonds. The number of carbonyl (C=O) groups excluding carboxylic acids is 3. The predicted octanol–water partition coefficient (Wildman–Crippen LogP) is 2.91. The van der Waals surface area contributed by atoms with Crippen LogP contribution in [0.15, 0.2) is 29.2 Å². The van der Waals surface area contributed by atoms with Crippen LogP contribution in [0.2, 0.25) is 0 Å². The van der Waals surface area contributed by atoms with Crippen molar-refractivity contribution in [1.29, 1.82) is 0 Å². The van der Waals surface area contributed by atoms with Gasteiger partial charge in [-0.2, -0.15) is 0 Å². The number of imide groups is 1. The zero-order valence-corrected chi connectivity index (χ0v) is 15.6. The monoisotopic (exact) mass is 372 g/mol. The fraction of sp³-hybridized carbons (Fsp3) is 0.550. The Kier molecular flexibility index (Phi) is 5.02. The molecule has 2 fully saturated rings. The van der Waals surface area contributed by atoms with Gasteiger partial charge in [-0.15, -0.1) is 11.8 Å². The number of rotatable bonds is 4. The number of benzene rings is 1. The number of nitrogens with zero attached hydrogens (tertiary/aromatic N) is 1. The summed E-state index contributed by atoms with van der Waals surface area (Å²) in [6, 6.07) is 8.17. The molecule has 1 N–H and O–H groups in total. The van der Waals surface area contributed by atoms with Gasteiger partial charge in [0, 0.05) is 23.6 Å². The Balaban J connectivity index is 1.35. The van der Waals surface area contributed by atoms with E-state index >= 15 is 0 Å². The molecule has 2 heterocycles. The Morgan fingerprint density at radius 2 is 1.77 bits per heavy atom. The van der Waals surface area contributed by atoms with Crippen LogP contribution in [-0.2, 0) is 14.4 Å². The molecular formula is C20H24N2O3S. The summed E-state index contributed by atoms with van der Waals surface area (Å²) in [7, 11) is 0. The summed E-state index contributed by atoms with van der Waals surface area (Å²) in [6.07, 6.45) is 4.76. The maximum Gasteiger partial charge on any atom is 0.233 e. The average Bonchev–Trinajstić information content (AvgIpc) is 2.91. The minimum absolute atomic E-state index is 0.0208. The highest BCUT2D eigenvalue weighted by atomic mass is 32.2. The molecule has 26 heavy (non-hydrogen) atoms. The van der Waals surface area contributed by atoms with Gasteiger partial charge in [-0.05, 0) is 30.9 Å². The van der Waals surface area contributed by atoms with E-state index < -0.39 is 0 Å². The van der Waals surface area contributed by atoms with Gasteiger partial charge in [-0.3, -0.25) is 19.3 Å². The number of thioether (sulfide) groups is 1. The third kappa shape index (κ3) is 3.27. The number of hydrogen-bond acceptors (Lipinski definition) is 4. The minimum Gasteiger partial charge on any atom is -0.349 e. The van der Waals surface area contributed by atoms with Crippen LogP contribution in [0.25, 0.3) is 0 Å². The van der Waals surface area contributed by atoms with Gasteiger partial charge in [0.1, 0.15) is 0 Å². The van der Waals surface area contributed by atoms with Gasteiger partial charge in [0.05, 0.1) is 17.9 Å². The molecule has 1 aromatic carbocycles. The smallest absolute Gasteiger partial charge is 0.233 e. The number of carbonyl (C=O) groups is 3. The fourth-order valence-corrected chi connectivity index (χ4v) is 5.55. The molecule has 3 atom stereocenters. The van der Waals surface area contributed by atoms with E-state index in [2.05, 4.69) is 17.4 Å². The molecule has 0 radical (unpaired) electrons. The largest absolute Gasteiger partial charge is 0.349 e. The van der Waals surface area contributed by atoms with E-state index in [0.717, 1.165) is 43.4 Å². The van der Waals surface area contributed by atoms with Crippen molar-refractivity contribution in [3.05, 3.63) is 29.8 Å². The lowest BCUT2D eigenvalue weighted by molar-refractivity contribution is -0.140. The van der Waals surface area contributed by atoms with E-state index in [-0.39, 0.29) is 48.6 Å². The summed E-state index contributed by atoms with van der Waals surface area (Å²) in [5, 5.41) is 3.09. The molecule has 1 aliphatic carbocycles. The number of fused-ring (bicyclic) bond motifs is 2. The molecule has 0 bridgehead atoms. The van der Waals surface area contributed by atoms with Crippen molar-refractivity contribution in [2.24, 2.45) is 11.8 Å². The lowest BCUT2D eigenvalue weighted by Gasteiger charge is -2.26. The van der Waals surface area contributed by atoms with Crippen LogP contribution in [0.5, 0.6) is 0 Å². The highest BCUT2D eigenvalue weighted by Gasteiger charge is 2.47. The minimum atomic E-state index is -0.137. The SMILES string of the molecule is O=C(CCN1C(=O)[C@H]2CCCC[C@H]2C1=O)N[C@H]1CCSc2ccccc21. The Bertz CT molecular complexity index is 712. The number of likely N-dealkylation sites (tertiary alicyclic amines) is 1. The Hall–Kier alpha value is -1.82. The molecule has 0 aromatic heterocycles. The molecular weight excluding hydrogens is 348 g/mol. The summed E-state index contributed by atoms with van der Waals surface area (Å²) in [5.41, 5.74) is 1.16. The summed E-state index contributed by atoms with van der Waals surface area (Å²) >= 11 is 1.82. The van der Waals surface area contributed by atoms with Crippen LogP contribution >= 0.6 is 11.8 Å². The van der Waals surface area contributed by atoms with Gasteiger partial charge >= 0.3 is 0 Å². The number of amides is 3. The first kappa shape index (κ1) is 17.6. The first-order chi connectivity index (χ1) is 12.6. The van der Waals surface area contributed by atoms with Crippen molar-refractivity contribution < 1.29 is 14.4 Å². The van der Waals surface area contributed by atoms with E-state index in [1.165, 1.54) is 9.80 Å². The molecule has 2 aliphatic heterocycles. The van der Waals surface area contributed by atoms with E-state index in [1.54, 1.807) is 0 Å². The van der Waals surface area contributed by atoms with Gasteiger partial charge in [0.15, 0.2) is 0 Å². The summed E-state index contributed by atoms with van der Waals surface area (Å²) in [4.78, 5) is 40.0. The molecule has 138 valence electrons. The van der Waals surface area contributed by atoms with Crippen LogP contribution in [-0.4, -0.2) is 34.9 Å². The standard InChI is InChI=1S/C20H24N2O3S/c23-18(21-16-10-12-26-17-8-4-3-7-15(16)17)9-11-22-19(24)13-5-1-2-6-14(13)20(22)25/h3-4,7-8,13-14,16H,1-2,5-6,9-12H2,(H,21,23)/t13-,14+,16-/m0/s1. The molecule has 1 aromatic rings. The quantitative estimate of drug-likeness (QED) is 0.826. The van der Waals surface area contributed by atoms with Crippen molar-refractivity contribution in [3.8, 4) is 0 Å². The van der Waals surface area contributed by atoms with Crippen LogP contribution in [0, 0.1) is 11.8 Å². The van der Waals surface area contributed by atoms with Crippen LogP contribution < -0.4 is 5.32 Å². The Morgan fingerprint density at radius 3 is 2.50 bits per heavy atom. The van der Waals surface area contributed by atoms with E-state index in [4.69, 9.17) is 0 Å². The third-order valence-electron chi connectivity index (χ3n) is 5.79. The lowest BCUT2D eigenvalue weighted by Crippen LogP contribution is -2.37. The van der Waals surface area contributed by atoms with E-state index in [9.17, 15) is 14.4 Å². The van der Waals surface area contributed by atoms with Gasteiger partial charge in [-0.1, -0.05) is 31.0 Å². The van der Waals surface area contributed by atoms with Gasteiger partial charge < -0.3 is 5.32 Å². The number of nitrogens with one attached hydrogen (secondary N) is 1. The number of hydrogen-bond donors (Lipinski definition) is 1. The third-order valence-corrected chi connectivity index (χ3v) is 6.91. The average molecular weight is 372 g/mol. The van der Waals surface area contributed by atoms with Gasteiger partial charge in [0.25, 0.3) is 0 Å². The fourth-order valence-electron chi connectivity index (χ4n) is 4.42. The van der Waals surface area contributed by atoms with Crippen LogP contribution in [0.4, 0.5) is 0 Å². The maximum atomic E-state index is 12.5. The van der Waals surface area contributed by atoms with Crippen molar-refractivity contribution in [2.75, 3.05) is 12.3 Å². The van der Waals surface area contributed by atoms with E-state index in [0.29, 0.717) is 0 Å². The predicted molar refractivity (Wildman–Crippen MR) is 99.5 cm³/mol. The molecule has 6 heteroatoms. The van der Waals surface area contributed by atoms with Crippen molar-refractivity contribution in [2.45, 2.75) is 49.5 Å². The highest BCUT2D eigenvalue weighted by Crippen LogP contribution is 2.38. The molecule has 3 aliphatic rings. The molecule has 0 unspecified atom stereocenters. The Morgan fingerprint density at radius 1 is 1.08 bits per heavy atom. The normalized spacial score (nSPS) is 27.8. The first-order valence-corrected chi connectivity index (χ1v) is 10.5. The molecule has 5 nitrogen and oxygen atoms in total. The molecule has 1 saturated carbocycles. The van der Waals surface area contributed by atoms with Crippen LogP contribution in [0.3, 0.4) is 0 Å². The first-order valence-electron chi connectivity index (χ1n) is 9.51. The summed E-state index contributed by atoms with van der Waals surface area (Å²) in [6.45, 7) is 0.208. The van der Waals surface area contributed by atoms with Crippen molar-refractivity contribution >= 4 is 29.5 Å². The summed E-state index contributed by atoms with van der Waals surface area (Å²) < 4.78 is 0. The second kappa shape index (κ2) is 7.43. The topological polar surface area (TPSA) is 66.5 Å². The molecule has 4 rings (SSSR count). The van der Waals surface area contributed by atoms with Crippen molar-refractivity contribution in [3.63, 3.8) is 0 Å². The molecule has 0 spiro atoms. The van der Waals surface area contributed by atoms with Crippen molar-refractivity contribution in [1.82, 2.24) is 10.2 Å². The highest BCUT2D eigenvalue weighted by molar-refractivity contribution is 7.99. The molecule has 1 saturated heterocycles. The summed E-state index contributed by atoms with van der Waals surface area (Å²) in [5.74, 6) is 0.489. The Labute approximate surface area is 157 Å². The van der Waals surface area contributed by atoms with Gasteiger partial charge in [0.2, 0.25) is 17.7 Å².